The predicted molar refractivity (Wildman–Crippen MR) is 79.4 cm³/mol. The number of hydrogen-bond acceptors (Lipinski definition) is 2. The smallest absolute Gasteiger partial charge is 0.0726 e. The van der Waals surface area contributed by atoms with Gasteiger partial charge >= 0.3 is 0 Å². The maximum absolute atomic E-state index is 5.73. The molecule has 0 amide bonds. The third-order valence-electron chi connectivity index (χ3n) is 2.79. The Bertz CT molecular complexity index is 341. The number of anilines is 1. The number of benzene rings is 1. The molecule has 2 atom stereocenters. The average Bonchev–Trinajstić information content (AvgIpc) is 2.28. The molecule has 2 rings (SSSR count). The monoisotopic (exact) mass is 249 g/mol. The summed E-state index contributed by atoms with van der Waals surface area (Å²) in [7, 11) is 0. The summed E-state index contributed by atoms with van der Waals surface area (Å²) in [6.45, 7) is 12.6. The van der Waals surface area contributed by atoms with Crippen molar-refractivity contribution in [2.75, 3.05) is 18.0 Å². The van der Waals surface area contributed by atoms with E-state index in [1.165, 1.54) is 17.7 Å². The topological polar surface area (TPSA) is 12.5 Å². The molecule has 1 heterocycles. The number of rotatable bonds is 1. The number of ether oxygens (including phenoxy) is 1. The molecule has 1 aliphatic rings. The van der Waals surface area contributed by atoms with E-state index >= 15 is 0 Å². The molecule has 1 aromatic carbocycles. The molecule has 18 heavy (non-hydrogen) atoms. The molecule has 0 bridgehead atoms. The molecule has 0 aliphatic carbocycles. The minimum Gasteiger partial charge on any atom is -0.372 e. The van der Waals surface area contributed by atoms with Gasteiger partial charge in [0.2, 0.25) is 0 Å². The van der Waals surface area contributed by atoms with E-state index in [2.05, 4.69) is 63.8 Å². The van der Waals surface area contributed by atoms with Gasteiger partial charge in [-0.2, -0.15) is 0 Å². The van der Waals surface area contributed by atoms with Crippen molar-refractivity contribution < 1.29 is 4.74 Å². The second-order valence-electron chi connectivity index (χ2n) is 5.21. The Balaban J connectivity index is 0.000000492. The second kappa shape index (κ2) is 7.42. The van der Waals surface area contributed by atoms with Crippen molar-refractivity contribution in [3.63, 3.8) is 0 Å². The molecule has 2 heteroatoms. The first kappa shape index (κ1) is 15.0. The standard InChI is InChI=1S/C13H19NO.C3H8/c1-10-5-4-6-13(7-10)14-8-11(2)15-12(3)9-14;1-3-2/h4-7,11-12H,8-9H2,1-3H3;3H2,1-2H3. The Labute approximate surface area is 112 Å². The van der Waals surface area contributed by atoms with Gasteiger partial charge in [0.1, 0.15) is 0 Å². The highest BCUT2D eigenvalue weighted by Gasteiger charge is 2.22. The maximum atomic E-state index is 5.73. The van der Waals surface area contributed by atoms with Gasteiger partial charge in [-0.3, -0.25) is 0 Å². The zero-order valence-corrected chi connectivity index (χ0v) is 12.4. The van der Waals surface area contributed by atoms with E-state index in [1.807, 2.05) is 0 Å². The van der Waals surface area contributed by atoms with E-state index in [4.69, 9.17) is 4.74 Å². The van der Waals surface area contributed by atoms with Gasteiger partial charge in [0.15, 0.2) is 0 Å². The molecular formula is C16H27NO. The minimum absolute atomic E-state index is 0.328. The van der Waals surface area contributed by atoms with Crippen molar-refractivity contribution in [3.8, 4) is 0 Å². The number of hydrogen-bond donors (Lipinski definition) is 0. The van der Waals surface area contributed by atoms with Gasteiger partial charge in [0.25, 0.3) is 0 Å². The van der Waals surface area contributed by atoms with Gasteiger partial charge in [0, 0.05) is 18.8 Å². The lowest BCUT2D eigenvalue weighted by atomic mass is 10.1. The maximum Gasteiger partial charge on any atom is 0.0726 e. The van der Waals surface area contributed by atoms with E-state index in [0.717, 1.165) is 13.1 Å². The van der Waals surface area contributed by atoms with Crippen LogP contribution in [0, 0.1) is 6.92 Å². The van der Waals surface area contributed by atoms with Crippen molar-refractivity contribution in [3.05, 3.63) is 29.8 Å². The summed E-state index contributed by atoms with van der Waals surface area (Å²) in [5.41, 5.74) is 2.64. The quantitative estimate of drug-likeness (QED) is 0.745. The summed E-state index contributed by atoms with van der Waals surface area (Å²) in [6, 6.07) is 8.68. The molecule has 102 valence electrons. The molecule has 0 aromatic heterocycles. The van der Waals surface area contributed by atoms with Gasteiger partial charge in [-0.1, -0.05) is 32.4 Å². The molecule has 0 saturated carbocycles. The van der Waals surface area contributed by atoms with Crippen LogP contribution in [0.1, 0.15) is 39.7 Å². The highest BCUT2D eigenvalue weighted by molar-refractivity contribution is 5.48. The van der Waals surface area contributed by atoms with Crippen molar-refractivity contribution >= 4 is 5.69 Å². The van der Waals surface area contributed by atoms with E-state index in [9.17, 15) is 0 Å². The highest BCUT2D eigenvalue weighted by atomic mass is 16.5. The summed E-state index contributed by atoms with van der Waals surface area (Å²) in [6.07, 6.45) is 1.91. The largest absolute Gasteiger partial charge is 0.372 e. The lowest BCUT2D eigenvalue weighted by molar-refractivity contribution is -0.00522. The van der Waals surface area contributed by atoms with Crippen LogP contribution in [-0.4, -0.2) is 25.3 Å². The van der Waals surface area contributed by atoms with Crippen molar-refractivity contribution in [2.45, 2.75) is 53.2 Å². The molecule has 0 spiro atoms. The van der Waals surface area contributed by atoms with Crippen LogP contribution < -0.4 is 4.90 Å². The van der Waals surface area contributed by atoms with Crippen molar-refractivity contribution in [1.82, 2.24) is 0 Å². The molecule has 2 nitrogen and oxygen atoms in total. The molecule has 0 N–H and O–H groups in total. The number of nitrogens with zero attached hydrogens (tertiary/aromatic N) is 1. The average molecular weight is 249 g/mol. The lowest BCUT2D eigenvalue weighted by Crippen LogP contribution is -2.45. The third-order valence-corrected chi connectivity index (χ3v) is 2.79. The van der Waals surface area contributed by atoms with Crippen LogP contribution in [-0.2, 0) is 4.74 Å². The summed E-state index contributed by atoms with van der Waals surface area (Å²) in [5.74, 6) is 0. The first-order valence-corrected chi connectivity index (χ1v) is 7.03. The Morgan fingerprint density at radius 3 is 2.22 bits per heavy atom. The van der Waals surface area contributed by atoms with E-state index in [0.29, 0.717) is 12.2 Å². The molecule has 1 aromatic rings. The SMILES string of the molecule is CCC.Cc1cccc(N2CC(C)OC(C)C2)c1. The fraction of sp³-hybridized carbons (Fsp3) is 0.625. The van der Waals surface area contributed by atoms with E-state index < -0.39 is 0 Å². The zero-order valence-electron chi connectivity index (χ0n) is 12.4. The minimum atomic E-state index is 0.328. The second-order valence-corrected chi connectivity index (χ2v) is 5.21. The third kappa shape index (κ3) is 4.69. The van der Waals surface area contributed by atoms with Crippen molar-refractivity contribution in [1.29, 1.82) is 0 Å². The van der Waals surface area contributed by atoms with Crippen LogP contribution in [0.3, 0.4) is 0 Å². The van der Waals surface area contributed by atoms with Gasteiger partial charge in [-0.25, -0.2) is 0 Å². The first-order valence-electron chi connectivity index (χ1n) is 7.03. The van der Waals surface area contributed by atoms with Crippen LogP contribution in [0.15, 0.2) is 24.3 Å². The van der Waals surface area contributed by atoms with E-state index in [1.54, 1.807) is 0 Å². The number of morpholine rings is 1. The summed E-state index contributed by atoms with van der Waals surface area (Å²) in [4.78, 5) is 2.41. The predicted octanol–water partition coefficient (Wildman–Crippen LogP) is 4.02. The first-order chi connectivity index (χ1) is 8.56. The molecule has 1 fully saturated rings. The Kier molecular flexibility index (Phi) is 6.20. The van der Waals surface area contributed by atoms with Gasteiger partial charge < -0.3 is 9.64 Å². The van der Waals surface area contributed by atoms with Crippen LogP contribution in [0.25, 0.3) is 0 Å². The molecule has 1 saturated heterocycles. The Morgan fingerprint density at radius 2 is 1.72 bits per heavy atom. The number of aryl methyl sites for hydroxylation is 1. The Morgan fingerprint density at radius 1 is 1.17 bits per heavy atom. The Hall–Kier alpha value is -1.02. The fourth-order valence-electron chi connectivity index (χ4n) is 2.21. The summed E-state index contributed by atoms with van der Waals surface area (Å²) in [5, 5.41) is 0. The molecule has 0 radical (unpaired) electrons. The van der Waals surface area contributed by atoms with E-state index in [-0.39, 0.29) is 0 Å². The van der Waals surface area contributed by atoms with Gasteiger partial charge in [-0.05, 0) is 38.5 Å². The normalized spacial score (nSPS) is 23.3. The van der Waals surface area contributed by atoms with Crippen LogP contribution in [0.2, 0.25) is 0 Å². The summed E-state index contributed by atoms with van der Waals surface area (Å²) < 4.78 is 5.73. The lowest BCUT2D eigenvalue weighted by Gasteiger charge is -2.37. The molecule has 2 unspecified atom stereocenters. The highest BCUT2D eigenvalue weighted by Crippen LogP contribution is 2.20. The fourth-order valence-corrected chi connectivity index (χ4v) is 2.21. The molecular weight excluding hydrogens is 222 g/mol. The van der Waals surface area contributed by atoms with Gasteiger partial charge in [0.05, 0.1) is 12.2 Å². The summed E-state index contributed by atoms with van der Waals surface area (Å²) >= 11 is 0. The van der Waals surface area contributed by atoms with Gasteiger partial charge in [-0.15, -0.1) is 0 Å². The van der Waals surface area contributed by atoms with Crippen molar-refractivity contribution in [2.24, 2.45) is 0 Å². The van der Waals surface area contributed by atoms with Crippen LogP contribution >= 0.6 is 0 Å². The van der Waals surface area contributed by atoms with Crippen LogP contribution in [0.4, 0.5) is 5.69 Å². The zero-order chi connectivity index (χ0) is 13.5. The van der Waals surface area contributed by atoms with Crippen LogP contribution in [0.5, 0.6) is 0 Å². The molecule has 1 aliphatic heterocycles.